The minimum absolute atomic E-state index is 0.0489. The number of hydrogen-bond acceptors (Lipinski definition) is 15. The van der Waals surface area contributed by atoms with Gasteiger partial charge in [0.25, 0.3) is 0 Å². The zero-order valence-corrected chi connectivity index (χ0v) is 25.1. The smallest absolute Gasteiger partial charge is 0.464 e. The molecule has 252 valence electrons. The molecule has 1 unspecified atom stereocenters. The van der Waals surface area contributed by atoms with Gasteiger partial charge in [-0.15, -0.1) is 0 Å². The number of Topliss-reactive ketones (excluding diaryl/α,β-unsaturated/α-hetero) is 1. The van der Waals surface area contributed by atoms with Crippen LogP contribution in [-0.4, -0.2) is 111 Å². The van der Waals surface area contributed by atoms with Crippen molar-refractivity contribution in [2.45, 2.75) is 81.9 Å². The number of ketones is 2. The predicted octanol–water partition coefficient (Wildman–Crippen LogP) is 0.444. The van der Waals surface area contributed by atoms with Crippen molar-refractivity contribution in [2.24, 2.45) is 28.4 Å². The van der Waals surface area contributed by atoms with Gasteiger partial charge in [-0.05, 0) is 63.5 Å². The molecule has 0 amide bonds. The first-order chi connectivity index (χ1) is 21.0. The van der Waals surface area contributed by atoms with Gasteiger partial charge in [0.05, 0.1) is 30.8 Å². The van der Waals surface area contributed by atoms with Gasteiger partial charge in [-0.25, -0.2) is 9.18 Å². The fraction of sp³-hybridized carbons (Fsp3) is 0.724. The Morgan fingerprint density at radius 1 is 1.09 bits per heavy atom. The minimum atomic E-state index is -2.49. The number of alkyl halides is 1. The minimum Gasteiger partial charge on any atom is -0.464 e. The number of unbranched alkanes of at least 4 members (excludes halogenated alkanes) is 1. The SMILES string of the molecule is C[C@]12C=CC(=O)C=C1CC[C@H]1[C@@H]3C[C@@H](O)[C@](O)(C(=O)COC(=O)OCC(N)C(=O)OCCCCON(O)O)[C@@]3(C)C[C@H](O)[C@@]12F. The Hall–Kier alpha value is -2.83. The molecule has 3 saturated carbocycles. The molecule has 0 aromatic heterocycles. The Balaban J connectivity index is 1.34. The van der Waals surface area contributed by atoms with Crippen LogP contribution >= 0.6 is 0 Å². The molecule has 0 radical (unpaired) electrons. The maximum Gasteiger partial charge on any atom is 0.508 e. The van der Waals surface area contributed by atoms with Gasteiger partial charge in [0.15, 0.2) is 23.7 Å². The number of halogens is 1. The predicted molar refractivity (Wildman–Crippen MR) is 147 cm³/mol. The van der Waals surface area contributed by atoms with Gasteiger partial charge in [0.2, 0.25) is 5.78 Å². The number of hydrogen-bond donors (Lipinski definition) is 6. The maximum atomic E-state index is 17.2. The first kappa shape index (κ1) is 35.0. The molecule has 45 heavy (non-hydrogen) atoms. The molecule has 4 rings (SSSR count). The number of aliphatic hydroxyl groups excluding tert-OH is 2. The van der Waals surface area contributed by atoms with Crippen LogP contribution in [0.2, 0.25) is 0 Å². The van der Waals surface area contributed by atoms with E-state index in [0.717, 1.165) is 0 Å². The van der Waals surface area contributed by atoms with Gasteiger partial charge in [-0.3, -0.25) is 29.6 Å². The molecular weight excluding hydrogens is 603 g/mol. The van der Waals surface area contributed by atoms with Gasteiger partial charge >= 0.3 is 12.1 Å². The Labute approximate surface area is 258 Å². The molecule has 4 aliphatic carbocycles. The fourth-order valence-corrected chi connectivity index (χ4v) is 7.86. The summed E-state index contributed by atoms with van der Waals surface area (Å²) in [5.74, 6) is -3.84. The van der Waals surface area contributed by atoms with E-state index in [-0.39, 0.29) is 38.3 Å². The van der Waals surface area contributed by atoms with Crippen molar-refractivity contribution in [1.82, 2.24) is 5.39 Å². The first-order valence-electron chi connectivity index (χ1n) is 14.8. The van der Waals surface area contributed by atoms with Crippen LogP contribution in [0, 0.1) is 22.7 Å². The highest BCUT2D eigenvalue weighted by molar-refractivity contribution is 6.01. The lowest BCUT2D eigenvalue weighted by Gasteiger charge is -2.62. The number of nitrogens with zero attached hydrogens (tertiary/aromatic N) is 1. The third-order valence-corrected chi connectivity index (χ3v) is 10.3. The highest BCUT2D eigenvalue weighted by Gasteiger charge is 2.76. The summed E-state index contributed by atoms with van der Waals surface area (Å²) >= 11 is 0. The van der Waals surface area contributed by atoms with Crippen LogP contribution in [0.1, 0.15) is 52.4 Å². The van der Waals surface area contributed by atoms with E-state index in [1.807, 2.05) is 0 Å². The van der Waals surface area contributed by atoms with E-state index >= 15 is 4.39 Å². The summed E-state index contributed by atoms with van der Waals surface area (Å²) in [7, 11) is 0. The van der Waals surface area contributed by atoms with Crippen molar-refractivity contribution in [3.63, 3.8) is 0 Å². The van der Waals surface area contributed by atoms with Gasteiger partial charge in [0, 0.05) is 16.7 Å². The normalized spacial score (nSPS) is 37.6. The largest absolute Gasteiger partial charge is 0.508 e. The van der Waals surface area contributed by atoms with Crippen LogP contribution in [0.3, 0.4) is 0 Å². The number of nitrogens with two attached hydrogens (primary N) is 1. The molecule has 4 aliphatic rings. The van der Waals surface area contributed by atoms with Crippen molar-refractivity contribution in [1.29, 1.82) is 0 Å². The summed E-state index contributed by atoms with van der Waals surface area (Å²) in [5.41, 5.74) is -1.31. The van der Waals surface area contributed by atoms with Crippen LogP contribution in [0.5, 0.6) is 0 Å². The van der Waals surface area contributed by atoms with E-state index in [1.165, 1.54) is 25.2 Å². The molecule has 0 aromatic carbocycles. The van der Waals surface area contributed by atoms with E-state index in [4.69, 9.17) is 30.4 Å². The molecule has 0 saturated heterocycles. The topological polar surface area (TPSA) is 236 Å². The van der Waals surface area contributed by atoms with Crippen LogP contribution in [0.25, 0.3) is 0 Å². The van der Waals surface area contributed by atoms with Gasteiger partial charge in [-0.1, -0.05) is 18.6 Å². The summed E-state index contributed by atoms with van der Waals surface area (Å²) in [6.07, 6.45) is 0.120. The fourth-order valence-electron chi connectivity index (χ4n) is 7.86. The number of carbonyl (C=O) groups excluding carboxylic acids is 4. The Morgan fingerprint density at radius 3 is 2.47 bits per heavy atom. The molecule has 9 atom stereocenters. The lowest BCUT2D eigenvalue weighted by molar-refractivity contribution is -0.492. The average Bonchev–Trinajstić information content (AvgIpc) is 3.18. The van der Waals surface area contributed by atoms with Gasteiger partial charge < -0.3 is 35.3 Å². The van der Waals surface area contributed by atoms with Crippen LogP contribution in [0.15, 0.2) is 23.8 Å². The summed E-state index contributed by atoms with van der Waals surface area (Å²) in [6.45, 7) is 1.33. The third-order valence-electron chi connectivity index (χ3n) is 10.3. The van der Waals surface area contributed by atoms with Crippen molar-refractivity contribution in [3.05, 3.63) is 23.8 Å². The third kappa shape index (κ3) is 6.05. The lowest BCUT2D eigenvalue weighted by Crippen LogP contribution is -2.69. The molecule has 3 fully saturated rings. The number of fused-ring (bicyclic) bond motifs is 5. The molecule has 15 nitrogen and oxygen atoms in total. The Kier molecular flexibility index (Phi) is 10.2. The number of allylic oxidation sites excluding steroid dienone is 4. The Morgan fingerprint density at radius 2 is 1.78 bits per heavy atom. The van der Waals surface area contributed by atoms with Crippen LogP contribution in [0.4, 0.5) is 9.18 Å². The molecule has 0 bridgehead atoms. The molecular formula is C29H41FN2O13. The molecule has 0 aliphatic heterocycles. The number of carbonyl (C=O) groups is 4. The zero-order valence-electron chi connectivity index (χ0n) is 25.1. The maximum absolute atomic E-state index is 17.2. The second kappa shape index (κ2) is 13.1. The average molecular weight is 645 g/mol. The van der Waals surface area contributed by atoms with Gasteiger partial charge in [0.1, 0.15) is 12.6 Å². The van der Waals surface area contributed by atoms with E-state index in [9.17, 15) is 34.5 Å². The highest BCUT2D eigenvalue weighted by Crippen LogP contribution is 2.69. The number of rotatable bonds is 12. The van der Waals surface area contributed by atoms with Crippen molar-refractivity contribution in [3.8, 4) is 0 Å². The quantitative estimate of drug-likeness (QED) is 0.0961. The molecule has 16 heteroatoms. The second-order valence-electron chi connectivity index (χ2n) is 12.6. The van der Waals surface area contributed by atoms with E-state index < -0.39 is 88.7 Å². The van der Waals surface area contributed by atoms with E-state index in [0.29, 0.717) is 24.8 Å². The molecule has 0 heterocycles. The monoisotopic (exact) mass is 644 g/mol. The summed E-state index contributed by atoms with van der Waals surface area (Å²) < 4.78 is 31.7. The van der Waals surface area contributed by atoms with Crippen LogP contribution in [-0.2, 0) is 33.4 Å². The molecule has 0 spiro atoms. The lowest BCUT2D eigenvalue weighted by atomic mass is 9.44. The summed E-state index contributed by atoms with van der Waals surface area (Å²) in [4.78, 5) is 53.9. The van der Waals surface area contributed by atoms with Crippen molar-refractivity contribution < 1.29 is 68.4 Å². The summed E-state index contributed by atoms with van der Waals surface area (Å²) in [6, 6.07) is -1.38. The number of aliphatic hydroxyl groups is 3. The molecule has 7 N–H and O–H groups in total. The zero-order chi connectivity index (χ0) is 33.4. The van der Waals surface area contributed by atoms with E-state index in [1.54, 1.807) is 6.92 Å². The first-order valence-corrected chi connectivity index (χ1v) is 14.8. The van der Waals surface area contributed by atoms with Crippen molar-refractivity contribution >= 4 is 23.7 Å². The number of esters is 1. The Bertz CT molecular complexity index is 1240. The van der Waals surface area contributed by atoms with Gasteiger partial charge in [-0.2, -0.15) is 0 Å². The van der Waals surface area contributed by atoms with Crippen molar-refractivity contribution in [2.75, 3.05) is 26.4 Å². The van der Waals surface area contributed by atoms with E-state index in [2.05, 4.69) is 4.84 Å². The number of ether oxygens (including phenoxy) is 3. The standard InChI is InChI=1S/C29H41FN2O13/c1-26-8-7-17(33)11-16(26)5-6-18-19-12-21(34)29(39,27(19,2)13-22(35)28(18,26)30)23(36)15-44-25(38)43-14-20(31)24(37)42-9-3-4-10-45-32(40)41/h7-8,11,18-22,34-35,39-41H,3-6,9-10,12-15,31H2,1-2H3/t18-,19-,20?,21+,22-,26-,27-,28-,29-/m0/s1. The molecule has 0 aromatic rings. The highest BCUT2D eigenvalue weighted by atomic mass is 19.1. The second-order valence-corrected chi connectivity index (χ2v) is 12.6. The summed E-state index contributed by atoms with van der Waals surface area (Å²) in [5, 5.41) is 50.5. The van der Waals surface area contributed by atoms with Crippen LogP contribution < -0.4 is 5.73 Å².